The minimum Gasteiger partial charge on any atom is -0.322 e. The van der Waals surface area contributed by atoms with Crippen molar-refractivity contribution in [2.24, 2.45) is 7.05 Å². The van der Waals surface area contributed by atoms with E-state index in [1.807, 2.05) is 49.3 Å². The first-order chi connectivity index (χ1) is 19.8. The largest absolute Gasteiger partial charge is 0.330 e. The lowest BCUT2D eigenvalue weighted by Gasteiger charge is -2.36. The minimum atomic E-state index is -0.695. The standard InChI is InChI=1S/C29H30FN9O2/c1-36(2)14-8-13-25(40)32-22-11-7-12-23(15-22)39-27-21(18-38(29(39)41)17-20-9-5-4-6-10-20)16-31-28(34-27)33-24-19-37(3)35-26(24)30/h4-13,15-16,19H,14,17-18H2,1-3H3,(H,32,40)(H,31,33,34)/b13-8+. The predicted octanol–water partition coefficient (Wildman–Crippen LogP) is 4.42. The highest BCUT2D eigenvalue weighted by Gasteiger charge is 2.33. The van der Waals surface area contributed by atoms with Gasteiger partial charge < -0.3 is 20.4 Å². The summed E-state index contributed by atoms with van der Waals surface area (Å²) in [5, 5.41) is 9.39. The number of hydrogen-bond donors (Lipinski definition) is 2. The van der Waals surface area contributed by atoms with Gasteiger partial charge in [0.25, 0.3) is 5.95 Å². The van der Waals surface area contributed by atoms with E-state index < -0.39 is 5.95 Å². The van der Waals surface area contributed by atoms with Gasteiger partial charge in [-0.15, -0.1) is 5.10 Å². The SMILES string of the molecule is CN(C)C/C=C/C(=O)Nc1cccc(N2C(=O)N(Cc3ccccc3)Cc3cnc(Nc4cn(C)nc4F)nc32)c1. The second-order valence-electron chi connectivity index (χ2n) is 9.84. The normalized spacial score (nSPS) is 13.1. The van der Waals surface area contributed by atoms with Crippen LogP contribution in [0.4, 0.5) is 38.0 Å². The van der Waals surface area contributed by atoms with E-state index in [4.69, 9.17) is 0 Å². The molecule has 0 radical (unpaired) electrons. The van der Waals surface area contributed by atoms with Crippen molar-refractivity contribution < 1.29 is 14.0 Å². The van der Waals surface area contributed by atoms with Gasteiger partial charge in [-0.3, -0.25) is 9.48 Å². The number of halogens is 1. The van der Waals surface area contributed by atoms with Crippen LogP contribution in [0, 0.1) is 5.95 Å². The van der Waals surface area contributed by atoms with Gasteiger partial charge >= 0.3 is 6.03 Å². The van der Waals surface area contributed by atoms with Crippen LogP contribution in [0.25, 0.3) is 0 Å². The number of aryl methyl sites for hydroxylation is 1. The Morgan fingerprint density at radius 1 is 1.15 bits per heavy atom. The zero-order valence-electron chi connectivity index (χ0n) is 23.0. The maximum atomic E-state index is 14.2. The van der Waals surface area contributed by atoms with E-state index in [9.17, 15) is 14.0 Å². The summed E-state index contributed by atoms with van der Waals surface area (Å²) < 4.78 is 15.5. The topological polar surface area (TPSA) is 112 Å². The van der Waals surface area contributed by atoms with Crippen LogP contribution in [0.1, 0.15) is 11.1 Å². The summed E-state index contributed by atoms with van der Waals surface area (Å²) in [7, 11) is 5.43. The summed E-state index contributed by atoms with van der Waals surface area (Å²) in [6.07, 6.45) is 6.33. The zero-order chi connectivity index (χ0) is 28.9. The van der Waals surface area contributed by atoms with E-state index in [0.29, 0.717) is 35.8 Å². The van der Waals surface area contributed by atoms with Gasteiger partial charge in [-0.25, -0.2) is 14.7 Å². The van der Waals surface area contributed by atoms with Crippen LogP contribution in [-0.2, 0) is 24.9 Å². The molecule has 2 aromatic heterocycles. The molecule has 1 aliphatic rings. The second-order valence-corrected chi connectivity index (χ2v) is 9.84. The highest BCUT2D eigenvalue weighted by molar-refractivity contribution is 6.03. The van der Waals surface area contributed by atoms with Crippen molar-refractivity contribution in [2.45, 2.75) is 13.1 Å². The van der Waals surface area contributed by atoms with E-state index in [1.54, 1.807) is 48.5 Å². The van der Waals surface area contributed by atoms with Crippen molar-refractivity contribution in [1.29, 1.82) is 0 Å². The van der Waals surface area contributed by atoms with Crippen molar-refractivity contribution in [2.75, 3.05) is 36.2 Å². The molecule has 3 heterocycles. The molecular formula is C29H30FN9O2. The molecule has 12 heteroatoms. The molecular weight excluding hydrogens is 525 g/mol. The van der Waals surface area contributed by atoms with Gasteiger partial charge in [0.15, 0.2) is 5.82 Å². The fourth-order valence-corrected chi connectivity index (χ4v) is 4.37. The Kier molecular flexibility index (Phi) is 8.01. The van der Waals surface area contributed by atoms with Gasteiger partial charge in [0.1, 0.15) is 5.69 Å². The average Bonchev–Trinajstić information content (AvgIpc) is 3.25. The molecule has 0 unspecified atom stereocenters. The second kappa shape index (κ2) is 12.0. The summed E-state index contributed by atoms with van der Waals surface area (Å²) in [5.74, 6) is -0.512. The quantitative estimate of drug-likeness (QED) is 0.294. The van der Waals surface area contributed by atoms with Crippen molar-refractivity contribution in [3.63, 3.8) is 0 Å². The summed E-state index contributed by atoms with van der Waals surface area (Å²) >= 11 is 0. The molecule has 0 spiro atoms. The number of rotatable bonds is 9. The number of aromatic nitrogens is 4. The number of nitrogens with zero attached hydrogens (tertiary/aromatic N) is 7. The minimum absolute atomic E-state index is 0.110. The van der Waals surface area contributed by atoms with E-state index in [0.717, 1.165) is 5.56 Å². The highest BCUT2D eigenvalue weighted by atomic mass is 19.1. The number of benzene rings is 2. The van der Waals surface area contributed by atoms with Gasteiger partial charge in [0.05, 0.1) is 18.4 Å². The number of carbonyl (C=O) groups is 2. The van der Waals surface area contributed by atoms with Crippen LogP contribution in [0.5, 0.6) is 0 Å². The number of carbonyl (C=O) groups excluding carboxylic acids is 2. The Morgan fingerprint density at radius 3 is 2.68 bits per heavy atom. The fraction of sp³-hybridized carbons (Fsp3) is 0.207. The number of amides is 3. The third-order valence-electron chi connectivity index (χ3n) is 6.23. The van der Waals surface area contributed by atoms with Crippen LogP contribution in [0.3, 0.4) is 0 Å². The third kappa shape index (κ3) is 6.56. The molecule has 5 rings (SSSR count). The Balaban J connectivity index is 1.48. The molecule has 41 heavy (non-hydrogen) atoms. The van der Waals surface area contributed by atoms with Crippen LogP contribution in [0.2, 0.25) is 0 Å². The van der Waals surface area contributed by atoms with Crippen LogP contribution < -0.4 is 15.5 Å². The summed E-state index contributed by atoms with van der Waals surface area (Å²) in [6, 6.07) is 16.4. The third-order valence-corrected chi connectivity index (χ3v) is 6.23. The van der Waals surface area contributed by atoms with Gasteiger partial charge in [-0.2, -0.15) is 9.37 Å². The van der Waals surface area contributed by atoms with Crippen LogP contribution in [0.15, 0.2) is 79.1 Å². The van der Waals surface area contributed by atoms with Crippen molar-refractivity contribution in [1.82, 2.24) is 29.5 Å². The number of likely N-dealkylation sites (N-methyl/N-ethyl adjacent to an activating group) is 1. The van der Waals surface area contributed by atoms with E-state index >= 15 is 0 Å². The Hall–Kier alpha value is -5.10. The van der Waals surface area contributed by atoms with Crippen LogP contribution in [-0.4, -0.2) is 62.1 Å². The number of fused-ring (bicyclic) bond motifs is 1. The molecule has 0 saturated heterocycles. The average molecular weight is 556 g/mol. The van der Waals surface area contributed by atoms with Gasteiger partial charge in [0.2, 0.25) is 11.9 Å². The van der Waals surface area contributed by atoms with Gasteiger partial charge in [0, 0.05) is 43.7 Å². The predicted molar refractivity (Wildman–Crippen MR) is 154 cm³/mol. The van der Waals surface area contributed by atoms with Crippen molar-refractivity contribution >= 4 is 40.8 Å². The van der Waals surface area contributed by atoms with Gasteiger partial charge in [-0.05, 0) is 37.9 Å². The fourth-order valence-electron chi connectivity index (χ4n) is 4.37. The Morgan fingerprint density at radius 2 is 1.95 bits per heavy atom. The molecule has 4 aromatic rings. The molecule has 3 amide bonds. The maximum absolute atomic E-state index is 14.2. The molecule has 1 aliphatic heterocycles. The number of nitrogens with one attached hydrogen (secondary N) is 2. The van der Waals surface area contributed by atoms with E-state index in [-0.39, 0.29) is 30.1 Å². The van der Waals surface area contributed by atoms with E-state index in [1.165, 1.54) is 21.9 Å². The molecule has 2 N–H and O–H groups in total. The zero-order valence-corrected chi connectivity index (χ0v) is 23.0. The maximum Gasteiger partial charge on any atom is 0.330 e. The number of urea groups is 1. The summed E-state index contributed by atoms with van der Waals surface area (Å²) in [4.78, 5) is 40.5. The first kappa shape index (κ1) is 27.5. The van der Waals surface area contributed by atoms with Crippen molar-refractivity contribution in [3.8, 4) is 0 Å². The lowest BCUT2D eigenvalue weighted by Crippen LogP contribution is -2.45. The Bertz CT molecular complexity index is 1590. The molecule has 0 saturated carbocycles. The number of hydrogen-bond acceptors (Lipinski definition) is 7. The molecule has 210 valence electrons. The lowest BCUT2D eigenvalue weighted by molar-refractivity contribution is -0.111. The first-order valence-corrected chi connectivity index (χ1v) is 12.9. The molecule has 11 nitrogen and oxygen atoms in total. The highest BCUT2D eigenvalue weighted by Crippen LogP contribution is 2.36. The molecule has 0 aliphatic carbocycles. The molecule has 0 fully saturated rings. The smallest absolute Gasteiger partial charge is 0.322 e. The molecule has 0 atom stereocenters. The summed E-state index contributed by atoms with van der Waals surface area (Å²) in [5.41, 5.74) is 2.81. The number of anilines is 5. The van der Waals surface area contributed by atoms with E-state index in [2.05, 4.69) is 25.7 Å². The molecule has 0 bridgehead atoms. The Labute approximate surface area is 236 Å². The van der Waals surface area contributed by atoms with Crippen LogP contribution >= 0.6 is 0 Å². The summed E-state index contributed by atoms with van der Waals surface area (Å²) in [6.45, 7) is 1.29. The van der Waals surface area contributed by atoms with Crippen molar-refractivity contribution in [3.05, 3.63) is 96.2 Å². The lowest BCUT2D eigenvalue weighted by atomic mass is 10.1. The monoisotopic (exact) mass is 555 g/mol. The molecule has 2 aromatic carbocycles. The van der Waals surface area contributed by atoms with Gasteiger partial charge in [-0.1, -0.05) is 42.5 Å². The first-order valence-electron chi connectivity index (χ1n) is 12.9.